The van der Waals surface area contributed by atoms with E-state index in [9.17, 15) is 24.3 Å². The van der Waals surface area contributed by atoms with Gasteiger partial charge in [0.2, 0.25) is 5.91 Å². The average molecular weight is 589 g/mol. The largest absolute Gasteiger partial charge is 0.477 e. The summed E-state index contributed by atoms with van der Waals surface area (Å²) in [6, 6.07) is 2.81. The van der Waals surface area contributed by atoms with Gasteiger partial charge in [0.1, 0.15) is 23.0 Å². The van der Waals surface area contributed by atoms with E-state index in [1.165, 1.54) is 28.0 Å². The van der Waals surface area contributed by atoms with Crippen LogP contribution in [0.2, 0.25) is 0 Å². The van der Waals surface area contributed by atoms with Crippen molar-refractivity contribution in [1.29, 1.82) is 0 Å². The van der Waals surface area contributed by atoms with E-state index in [2.05, 4.69) is 15.6 Å². The topological polar surface area (TPSA) is 155 Å². The van der Waals surface area contributed by atoms with Crippen LogP contribution in [0.15, 0.2) is 34.3 Å². The van der Waals surface area contributed by atoms with E-state index in [4.69, 9.17) is 28.9 Å². The Morgan fingerprint density at radius 3 is 2.69 bits per heavy atom. The van der Waals surface area contributed by atoms with Crippen LogP contribution in [-0.4, -0.2) is 61.7 Å². The van der Waals surface area contributed by atoms with Crippen LogP contribution in [-0.2, 0) is 32.1 Å². The lowest BCUT2D eigenvalue weighted by Crippen LogP contribution is -2.70. The minimum absolute atomic E-state index is 0.0575. The van der Waals surface area contributed by atoms with E-state index in [0.29, 0.717) is 24.3 Å². The van der Waals surface area contributed by atoms with Gasteiger partial charge in [-0.3, -0.25) is 19.3 Å². The molecular formula is C21H19Cl2N5O5S3. The van der Waals surface area contributed by atoms with Gasteiger partial charge in [-0.1, -0.05) is 11.6 Å². The first-order chi connectivity index (χ1) is 17.2. The van der Waals surface area contributed by atoms with Gasteiger partial charge in [0.15, 0.2) is 5.13 Å². The molecule has 0 unspecified atom stereocenters. The molecule has 10 nitrogen and oxygen atoms in total. The summed E-state index contributed by atoms with van der Waals surface area (Å²) in [6.45, 7) is 0.329. The second-order valence-electron chi connectivity index (χ2n) is 7.67. The second kappa shape index (κ2) is 11.2. The normalized spacial score (nSPS) is 19.6. The number of alkyl halides is 1. The molecule has 2 aliphatic rings. The molecule has 4 heterocycles. The van der Waals surface area contributed by atoms with E-state index in [-0.39, 0.29) is 33.9 Å². The van der Waals surface area contributed by atoms with E-state index < -0.39 is 29.2 Å². The first-order valence-electron chi connectivity index (χ1n) is 10.4. The molecule has 2 aliphatic heterocycles. The molecule has 1 saturated heterocycles. The predicted molar refractivity (Wildman–Crippen MR) is 141 cm³/mol. The number of nitrogen functional groups attached to an aromatic ring is 1. The van der Waals surface area contributed by atoms with Gasteiger partial charge in [0.05, 0.1) is 17.8 Å². The summed E-state index contributed by atoms with van der Waals surface area (Å²) in [5, 5.41) is 16.5. The van der Waals surface area contributed by atoms with Gasteiger partial charge in [-0.05, 0) is 17.7 Å². The highest BCUT2D eigenvalue weighted by molar-refractivity contribution is 8.00. The van der Waals surface area contributed by atoms with Gasteiger partial charge in [-0.15, -0.1) is 46.0 Å². The number of carbonyl (C=O) groups is 4. The highest BCUT2D eigenvalue weighted by Gasteiger charge is 2.54. The van der Waals surface area contributed by atoms with Crippen LogP contribution in [0.3, 0.4) is 0 Å². The number of hydrogen-bond acceptors (Lipinski definition) is 9. The van der Waals surface area contributed by atoms with Crippen molar-refractivity contribution in [3.63, 3.8) is 0 Å². The van der Waals surface area contributed by atoms with Crippen molar-refractivity contribution in [2.24, 2.45) is 0 Å². The maximum absolute atomic E-state index is 12.9. The molecular weight excluding hydrogens is 569 g/mol. The maximum atomic E-state index is 12.9. The summed E-state index contributed by atoms with van der Waals surface area (Å²) in [5.74, 6) is -2.36. The molecule has 0 aromatic carbocycles. The molecule has 2 aromatic heterocycles. The number of aromatic nitrogens is 1. The van der Waals surface area contributed by atoms with Crippen molar-refractivity contribution < 1.29 is 24.3 Å². The quantitative estimate of drug-likeness (QED) is 0.198. The number of anilines is 1. The number of thiazole rings is 1. The number of carboxylic acids is 1. The molecule has 190 valence electrons. The number of nitrogens with one attached hydrogen (secondary N) is 2. The third-order valence-corrected chi connectivity index (χ3v) is 8.93. The number of carboxylic acid groups (broad SMARTS) is 1. The summed E-state index contributed by atoms with van der Waals surface area (Å²) < 4.78 is 0. The van der Waals surface area contributed by atoms with Gasteiger partial charge in [0, 0.05) is 32.8 Å². The number of nitrogens with two attached hydrogens (primary N) is 1. The van der Waals surface area contributed by atoms with E-state index in [0.717, 1.165) is 26.6 Å². The van der Waals surface area contributed by atoms with Gasteiger partial charge >= 0.3 is 5.97 Å². The SMILES string of the molecule is Nc1nc(C(=CCl)C(=O)N[C@@H]2C(=O)N3C(C(=O)O)=C(Cc4ccc(CNC(=O)CCl)s4)CS[C@@H]23)cs1. The molecule has 36 heavy (non-hydrogen) atoms. The monoisotopic (exact) mass is 587 g/mol. The number of aliphatic carboxylic acids is 1. The third kappa shape index (κ3) is 5.39. The number of rotatable bonds is 9. The molecule has 1 fully saturated rings. The van der Waals surface area contributed by atoms with E-state index in [1.54, 1.807) is 5.38 Å². The number of nitrogens with zero attached hydrogens (tertiary/aromatic N) is 2. The Labute approximate surface area is 227 Å². The molecule has 2 atom stereocenters. The molecule has 0 aliphatic carbocycles. The molecule has 3 amide bonds. The highest BCUT2D eigenvalue weighted by Crippen LogP contribution is 2.41. The summed E-state index contributed by atoms with van der Waals surface area (Å²) in [6.07, 6.45) is 0.348. The fourth-order valence-corrected chi connectivity index (χ4v) is 6.94. The van der Waals surface area contributed by atoms with Crippen molar-refractivity contribution in [1.82, 2.24) is 20.5 Å². The van der Waals surface area contributed by atoms with Gasteiger partial charge in [-0.2, -0.15) is 0 Å². The summed E-state index contributed by atoms with van der Waals surface area (Å²) in [7, 11) is 0. The molecule has 2 aromatic rings. The summed E-state index contributed by atoms with van der Waals surface area (Å²) >= 11 is 15.3. The van der Waals surface area contributed by atoms with Crippen molar-refractivity contribution in [2.45, 2.75) is 24.4 Å². The number of thiophene rings is 1. The molecule has 4 rings (SSSR count). The Morgan fingerprint density at radius 2 is 2.06 bits per heavy atom. The Balaban J connectivity index is 1.46. The fraction of sp³-hybridized carbons (Fsp3) is 0.286. The van der Waals surface area contributed by atoms with Gasteiger partial charge < -0.3 is 21.5 Å². The number of fused-ring (bicyclic) bond motifs is 1. The number of halogens is 2. The maximum Gasteiger partial charge on any atom is 0.352 e. The van der Waals surface area contributed by atoms with Gasteiger partial charge in [0.25, 0.3) is 11.8 Å². The number of β-lactam (4-membered cyclic amide) rings is 1. The molecule has 0 bridgehead atoms. The van der Waals surface area contributed by atoms with Crippen LogP contribution in [0, 0.1) is 0 Å². The zero-order valence-corrected chi connectivity index (χ0v) is 22.3. The van der Waals surface area contributed by atoms with Crippen LogP contribution in [0.1, 0.15) is 15.4 Å². The number of thioether (sulfide) groups is 1. The van der Waals surface area contributed by atoms with Gasteiger partial charge in [-0.25, -0.2) is 9.78 Å². The van der Waals surface area contributed by atoms with Crippen molar-refractivity contribution >= 4 is 92.0 Å². The molecule has 0 spiro atoms. The summed E-state index contributed by atoms with van der Waals surface area (Å²) in [4.78, 5) is 56.2. The number of hydrogen-bond donors (Lipinski definition) is 4. The number of amides is 3. The van der Waals surface area contributed by atoms with Crippen molar-refractivity contribution in [2.75, 3.05) is 17.4 Å². The van der Waals surface area contributed by atoms with E-state index >= 15 is 0 Å². The lowest BCUT2D eigenvalue weighted by molar-refractivity contribution is -0.150. The Hall–Kier alpha value is -2.58. The molecule has 15 heteroatoms. The van der Waals surface area contributed by atoms with Crippen LogP contribution in [0.5, 0.6) is 0 Å². The van der Waals surface area contributed by atoms with Crippen LogP contribution in [0.4, 0.5) is 5.13 Å². The van der Waals surface area contributed by atoms with Crippen molar-refractivity contribution in [3.8, 4) is 0 Å². The van der Waals surface area contributed by atoms with Crippen LogP contribution in [0.25, 0.3) is 5.57 Å². The lowest BCUT2D eigenvalue weighted by atomic mass is 10.0. The zero-order chi connectivity index (χ0) is 26.0. The third-order valence-electron chi connectivity index (χ3n) is 5.37. The smallest absolute Gasteiger partial charge is 0.352 e. The minimum atomic E-state index is -1.21. The first kappa shape index (κ1) is 26.5. The van der Waals surface area contributed by atoms with Crippen LogP contribution >= 0.6 is 57.6 Å². The molecule has 0 saturated carbocycles. The summed E-state index contributed by atoms with van der Waals surface area (Å²) in [5.41, 5.74) is 7.56. The molecule has 0 radical (unpaired) electrons. The standard InChI is InChI=1S/C21H19Cl2N5O5S3/c22-4-12(13-8-35-21(24)26-13)17(30)27-15-18(31)28-16(20(32)33)9(7-34-19(15)28)3-10-1-2-11(36-10)6-25-14(29)5-23/h1-2,4,8,15,19H,3,5-7H2,(H2,24,26)(H,25,29)(H,27,30)(H,32,33)/t15-,19+/m1/s1. The highest BCUT2D eigenvalue weighted by atomic mass is 35.5. The first-order valence-corrected chi connectivity index (χ1v) is 14.1. The predicted octanol–water partition coefficient (Wildman–Crippen LogP) is 2.20. The Bertz CT molecular complexity index is 1290. The van der Waals surface area contributed by atoms with Crippen LogP contribution < -0.4 is 16.4 Å². The Kier molecular flexibility index (Phi) is 8.25. The van der Waals surface area contributed by atoms with E-state index in [1.807, 2.05) is 12.1 Å². The Morgan fingerprint density at radius 1 is 1.31 bits per heavy atom. The van der Waals surface area contributed by atoms with Crippen molar-refractivity contribution in [3.05, 3.63) is 49.8 Å². The second-order valence-corrected chi connectivity index (χ2v) is 11.4. The molecule has 5 N–H and O–H groups in total. The number of carbonyl (C=O) groups excluding carboxylic acids is 3. The average Bonchev–Trinajstić information content (AvgIpc) is 3.49. The lowest BCUT2D eigenvalue weighted by Gasteiger charge is -2.49. The zero-order valence-electron chi connectivity index (χ0n) is 18.3. The fourth-order valence-electron chi connectivity index (χ4n) is 3.73. The minimum Gasteiger partial charge on any atom is -0.477 e.